The van der Waals surface area contributed by atoms with Crippen molar-refractivity contribution in [2.24, 2.45) is 0 Å². The molecule has 0 saturated carbocycles. The lowest BCUT2D eigenvalue weighted by Gasteiger charge is -2.05. The van der Waals surface area contributed by atoms with E-state index in [2.05, 4.69) is 38.2 Å². The highest BCUT2D eigenvalue weighted by atomic mass is 32.1. The van der Waals surface area contributed by atoms with Crippen LogP contribution in [0.5, 0.6) is 5.75 Å². The Labute approximate surface area is 130 Å². The van der Waals surface area contributed by atoms with Gasteiger partial charge < -0.3 is 10.1 Å². The van der Waals surface area contributed by atoms with Gasteiger partial charge in [0.15, 0.2) is 0 Å². The fourth-order valence-electron chi connectivity index (χ4n) is 2.71. The fourth-order valence-corrected chi connectivity index (χ4v) is 4.01. The van der Waals surface area contributed by atoms with E-state index in [1.54, 1.807) is 0 Å². The number of aromatic nitrogens is 1. The molecule has 4 heteroatoms. The Morgan fingerprint density at radius 2 is 2.19 bits per heavy atom. The Morgan fingerprint density at radius 3 is 2.95 bits per heavy atom. The molecule has 0 spiro atoms. The summed E-state index contributed by atoms with van der Waals surface area (Å²) in [5, 5.41) is 4.61. The molecule has 3 nitrogen and oxygen atoms in total. The monoisotopic (exact) mass is 302 g/mol. The number of hydrogen-bond donors (Lipinski definition) is 1. The predicted octanol–water partition coefficient (Wildman–Crippen LogP) is 3.90. The van der Waals surface area contributed by atoms with Crippen LogP contribution in [0.1, 0.15) is 53.7 Å². The highest BCUT2D eigenvalue weighted by Crippen LogP contribution is 2.40. The van der Waals surface area contributed by atoms with Crippen molar-refractivity contribution >= 4 is 11.3 Å². The van der Waals surface area contributed by atoms with Gasteiger partial charge in [0.25, 0.3) is 0 Å². The Hall–Kier alpha value is -1.39. The molecule has 1 aliphatic rings. The standard InChI is InChI=1S/C17H22N2OS/c1-4-18-9-15-16(11(2)3)19-17(21-15)13-10-20-14-8-6-5-7-12(13)14/h5-8,11,13,18H,4,9-10H2,1-3H3. The zero-order valence-corrected chi connectivity index (χ0v) is 13.7. The van der Waals surface area contributed by atoms with Gasteiger partial charge in [-0.1, -0.05) is 39.0 Å². The molecular formula is C17H22N2OS. The van der Waals surface area contributed by atoms with E-state index in [0.717, 1.165) is 18.8 Å². The summed E-state index contributed by atoms with van der Waals surface area (Å²) in [6, 6.07) is 8.31. The second-order valence-corrected chi connectivity index (χ2v) is 6.81. The number of para-hydroxylation sites is 1. The summed E-state index contributed by atoms with van der Waals surface area (Å²) in [6.07, 6.45) is 0. The number of ether oxygens (including phenoxy) is 1. The van der Waals surface area contributed by atoms with E-state index in [1.807, 2.05) is 23.5 Å². The Bertz CT molecular complexity index is 621. The third kappa shape index (κ3) is 2.83. The average Bonchev–Trinajstić information content (AvgIpc) is 3.08. The SMILES string of the molecule is CCNCc1sc(C2COc3ccccc32)nc1C(C)C. The van der Waals surface area contributed by atoms with Gasteiger partial charge >= 0.3 is 0 Å². The minimum Gasteiger partial charge on any atom is -0.492 e. The molecule has 1 atom stereocenters. The number of fused-ring (bicyclic) bond motifs is 1. The van der Waals surface area contributed by atoms with Crippen molar-refractivity contribution in [3.8, 4) is 5.75 Å². The molecular weight excluding hydrogens is 280 g/mol. The number of rotatable bonds is 5. The van der Waals surface area contributed by atoms with Crippen molar-refractivity contribution in [3.63, 3.8) is 0 Å². The van der Waals surface area contributed by atoms with Crippen LogP contribution in [0.25, 0.3) is 0 Å². The highest BCUT2D eigenvalue weighted by Gasteiger charge is 2.29. The summed E-state index contributed by atoms with van der Waals surface area (Å²) >= 11 is 1.84. The second-order valence-electron chi connectivity index (χ2n) is 5.70. The molecule has 1 aromatic carbocycles. The lowest BCUT2D eigenvalue weighted by molar-refractivity contribution is 0.342. The molecule has 0 fully saturated rings. The van der Waals surface area contributed by atoms with Crippen LogP contribution in [-0.4, -0.2) is 18.1 Å². The van der Waals surface area contributed by atoms with Crippen LogP contribution < -0.4 is 10.1 Å². The first-order valence-electron chi connectivity index (χ1n) is 7.62. The van der Waals surface area contributed by atoms with Gasteiger partial charge in [0.1, 0.15) is 17.4 Å². The number of benzene rings is 1. The summed E-state index contributed by atoms with van der Waals surface area (Å²) in [5.74, 6) is 1.76. The van der Waals surface area contributed by atoms with Gasteiger partial charge in [-0.2, -0.15) is 0 Å². The molecule has 3 rings (SSSR count). The molecule has 0 bridgehead atoms. The van der Waals surface area contributed by atoms with Gasteiger partial charge in [0.05, 0.1) is 11.6 Å². The molecule has 0 aliphatic carbocycles. The molecule has 1 aliphatic heterocycles. The molecule has 0 radical (unpaired) electrons. The third-order valence-electron chi connectivity index (χ3n) is 3.82. The van der Waals surface area contributed by atoms with Gasteiger partial charge in [-0.05, 0) is 18.5 Å². The lowest BCUT2D eigenvalue weighted by Crippen LogP contribution is -2.12. The zero-order chi connectivity index (χ0) is 14.8. The number of nitrogens with one attached hydrogen (secondary N) is 1. The molecule has 112 valence electrons. The van der Waals surface area contributed by atoms with Crippen LogP contribution in [0.4, 0.5) is 0 Å². The fraction of sp³-hybridized carbons (Fsp3) is 0.471. The Balaban J connectivity index is 1.93. The first-order chi connectivity index (χ1) is 10.2. The van der Waals surface area contributed by atoms with Crippen LogP contribution in [0.3, 0.4) is 0 Å². The zero-order valence-electron chi connectivity index (χ0n) is 12.8. The third-order valence-corrected chi connectivity index (χ3v) is 5.01. The van der Waals surface area contributed by atoms with Gasteiger partial charge in [0.2, 0.25) is 0 Å². The maximum atomic E-state index is 5.81. The van der Waals surface area contributed by atoms with Crippen molar-refractivity contribution in [1.29, 1.82) is 0 Å². The minimum atomic E-state index is 0.291. The predicted molar refractivity (Wildman–Crippen MR) is 87.4 cm³/mol. The summed E-state index contributed by atoms with van der Waals surface area (Å²) in [4.78, 5) is 6.31. The van der Waals surface area contributed by atoms with Crippen molar-refractivity contribution < 1.29 is 4.74 Å². The topological polar surface area (TPSA) is 34.1 Å². The largest absolute Gasteiger partial charge is 0.492 e. The van der Waals surface area contributed by atoms with Crippen LogP contribution in [0.2, 0.25) is 0 Å². The van der Waals surface area contributed by atoms with Gasteiger partial charge in [0, 0.05) is 17.0 Å². The van der Waals surface area contributed by atoms with E-state index >= 15 is 0 Å². The van der Waals surface area contributed by atoms with Crippen LogP contribution in [-0.2, 0) is 6.54 Å². The van der Waals surface area contributed by atoms with E-state index < -0.39 is 0 Å². The van der Waals surface area contributed by atoms with Crippen molar-refractivity contribution in [2.75, 3.05) is 13.2 Å². The minimum absolute atomic E-state index is 0.291. The maximum absolute atomic E-state index is 5.81. The van der Waals surface area contributed by atoms with Crippen LogP contribution in [0, 0.1) is 0 Å². The van der Waals surface area contributed by atoms with Crippen molar-refractivity contribution in [3.05, 3.63) is 45.4 Å². The molecule has 2 heterocycles. The Kier molecular flexibility index (Phi) is 4.27. The van der Waals surface area contributed by atoms with Gasteiger partial charge in [-0.25, -0.2) is 4.98 Å². The van der Waals surface area contributed by atoms with Gasteiger partial charge in [-0.3, -0.25) is 0 Å². The summed E-state index contributed by atoms with van der Waals surface area (Å²) in [6.45, 7) is 9.18. The molecule has 21 heavy (non-hydrogen) atoms. The smallest absolute Gasteiger partial charge is 0.123 e. The molecule has 1 aromatic heterocycles. The maximum Gasteiger partial charge on any atom is 0.123 e. The number of hydrogen-bond acceptors (Lipinski definition) is 4. The molecule has 1 unspecified atom stereocenters. The number of thiazole rings is 1. The summed E-state index contributed by atoms with van der Waals surface area (Å²) < 4.78 is 5.81. The summed E-state index contributed by atoms with van der Waals surface area (Å²) in [5.41, 5.74) is 2.51. The van der Waals surface area contributed by atoms with Gasteiger partial charge in [-0.15, -0.1) is 11.3 Å². The van der Waals surface area contributed by atoms with Crippen LogP contribution in [0.15, 0.2) is 24.3 Å². The van der Waals surface area contributed by atoms with E-state index in [9.17, 15) is 0 Å². The average molecular weight is 302 g/mol. The first kappa shape index (κ1) is 14.5. The molecule has 1 N–H and O–H groups in total. The lowest BCUT2D eigenvalue weighted by atomic mass is 10.0. The first-order valence-corrected chi connectivity index (χ1v) is 8.44. The van der Waals surface area contributed by atoms with Crippen molar-refractivity contribution in [1.82, 2.24) is 10.3 Å². The quantitative estimate of drug-likeness (QED) is 0.909. The van der Waals surface area contributed by atoms with E-state index in [1.165, 1.54) is 21.1 Å². The van der Waals surface area contributed by atoms with Crippen molar-refractivity contribution in [2.45, 2.75) is 39.2 Å². The normalized spacial score (nSPS) is 17.0. The summed E-state index contributed by atoms with van der Waals surface area (Å²) in [7, 11) is 0. The van der Waals surface area contributed by atoms with Crippen LogP contribution >= 0.6 is 11.3 Å². The molecule has 0 saturated heterocycles. The van der Waals surface area contributed by atoms with E-state index in [0.29, 0.717) is 18.4 Å². The Morgan fingerprint density at radius 1 is 1.38 bits per heavy atom. The second kappa shape index (κ2) is 6.16. The van der Waals surface area contributed by atoms with E-state index in [4.69, 9.17) is 9.72 Å². The molecule has 2 aromatic rings. The molecule has 0 amide bonds. The number of nitrogens with zero attached hydrogens (tertiary/aromatic N) is 1. The highest BCUT2D eigenvalue weighted by molar-refractivity contribution is 7.11. The van der Waals surface area contributed by atoms with E-state index in [-0.39, 0.29) is 0 Å².